The molecule has 0 aromatic carbocycles. The van der Waals surface area contributed by atoms with Crippen LogP contribution in [0.25, 0.3) is 0 Å². The molecule has 0 aliphatic rings. The highest BCUT2D eigenvalue weighted by Gasteiger charge is 2.40. The van der Waals surface area contributed by atoms with E-state index in [2.05, 4.69) is 20.8 Å². The second-order valence-corrected chi connectivity index (χ2v) is 8.76. The SMILES string of the molecule is CCC(C)(CC[S+]([O-])C(C)C(C)(C)C)[S+]=O. The zero-order valence-corrected chi connectivity index (χ0v) is 13.0. The summed E-state index contributed by atoms with van der Waals surface area (Å²) in [6, 6.07) is 0. The van der Waals surface area contributed by atoms with Crippen LogP contribution in [-0.2, 0) is 27.1 Å². The van der Waals surface area contributed by atoms with Gasteiger partial charge >= 0.3 is 11.7 Å². The van der Waals surface area contributed by atoms with Crippen LogP contribution in [0, 0.1) is 5.41 Å². The van der Waals surface area contributed by atoms with Gasteiger partial charge in [0.25, 0.3) is 0 Å². The van der Waals surface area contributed by atoms with Gasteiger partial charge in [-0.25, -0.2) is 0 Å². The molecule has 16 heavy (non-hydrogen) atoms. The summed E-state index contributed by atoms with van der Waals surface area (Å²) in [5.41, 5.74) is 0.0675. The summed E-state index contributed by atoms with van der Waals surface area (Å²) in [5, 5.41) is 0.172. The van der Waals surface area contributed by atoms with Crippen LogP contribution in [0.15, 0.2) is 0 Å². The zero-order chi connectivity index (χ0) is 13.0. The lowest BCUT2D eigenvalue weighted by Gasteiger charge is -2.29. The Morgan fingerprint density at radius 2 is 1.81 bits per heavy atom. The minimum Gasteiger partial charge on any atom is -0.616 e. The van der Waals surface area contributed by atoms with Gasteiger partial charge in [-0.05, 0) is 6.92 Å². The lowest BCUT2D eigenvalue weighted by atomic mass is 9.93. The van der Waals surface area contributed by atoms with E-state index < -0.39 is 11.2 Å². The first-order chi connectivity index (χ1) is 7.16. The molecule has 0 spiro atoms. The van der Waals surface area contributed by atoms with E-state index >= 15 is 0 Å². The Hall–Kier alpha value is 0.330. The monoisotopic (exact) mass is 265 g/mol. The van der Waals surface area contributed by atoms with E-state index in [0.29, 0.717) is 17.4 Å². The summed E-state index contributed by atoms with van der Waals surface area (Å²) in [6.07, 6.45) is 1.58. The summed E-state index contributed by atoms with van der Waals surface area (Å²) < 4.78 is 22.8. The fourth-order valence-corrected chi connectivity index (χ4v) is 3.39. The van der Waals surface area contributed by atoms with Gasteiger partial charge in [0.15, 0.2) is 0 Å². The Kier molecular flexibility index (Phi) is 6.44. The largest absolute Gasteiger partial charge is 0.616 e. The molecule has 0 fully saturated rings. The predicted octanol–water partition coefficient (Wildman–Crippen LogP) is 3.16. The average molecular weight is 265 g/mol. The maximum absolute atomic E-state index is 12.1. The maximum atomic E-state index is 12.1. The fraction of sp³-hybridized carbons (Fsp3) is 1.00. The normalized spacial score (nSPS) is 19.9. The molecule has 0 aliphatic heterocycles. The molecule has 0 heterocycles. The number of hydrogen-bond donors (Lipinski definition) is 0. The van der Waals surface area contributed by atoms with Gasteiger partial charge in [0.2, 0.25) is 4.75 Å². The third kappa shape index (κ3) is 5.11. The molecule has 0 aromatic rings. The topological polar surface area (TPSA) is 40.1 Å². The summed E-state index contributed by atoms with van der Waals surface area (Å²) in [5.74, 6) is 0.637. The summed E-state index contributed by atoms with van der Waals surface area (Å²) in [7, 11) is 0. The van der Waals surface area contributed by atoms with E-state index in [0.717, 1.165) is 12.8 Å². The van der Waals surface area contributed by atoms with Gasteiger partial charge in [-0.2, -0.15) is 0 Å². The van der Waals surface area contributed by atoms with Gasteiger partial charge in [-0.1, -0.05) is 38.9 Å². The van der Waals surface area contributed by atoms with Gasteiger partial charge in [0, 0.05) is 23.0 Å². The van der Waals surface area contributed by atoms with Crippen molar-refractivity contribution in [2.75, 3.05) is 5.75 Å². The van der Waals surface area contributed by atoms with Crippen molar-refractivity contribution in [2.24, 2.45) is 5.41 Å². The lowest BCUT2D eigenvalue weighted by molar-refractivity contribution is 0.391. The molecule has 3 atom stereocenters. The van der Waals surface area contributed by atoms with Crippen LogP contribution in [0.2, 0.25) is 0 Å². The third-order valence-corrected chi connectivity index (χ3v) is 6.39. The minimum absolute atomic E-state index is 0.0675. The van der Waals surface area contributed by atoms with E-state index in [4.69, 9.17) is 0 Å². The van der Waals surface area contributed by atoms with Gasteiger partial charge in [0.05, 0.1) is 6.42 Å². The van der Waals surface area contributed by atoms with Crippen LogP contribution in [0.3, 0.4) is 0 Å². The van der Waals surface area contributed by atoms with Crippen molar-refractivity contribution in [3.63, 3.8) is 0 Å². The van der Waals surface area contributed by atoms with Crippen molar-refractivity contribution in [3.8, 4) is 0 Å². The number of hydrogen-bond acceptors (Lipinski definition) is 2. The van der Waals surface area contributed by atoms with Crippen molar-refractivity contribution in [1.82, 2.24) is 0 Å². The van der Waals surface area contributed by atoms with E-state index in [1.54, 1.807) is 0 Å². The number of rotatable bonds is 6. The molecular formula is C12H25O2S2+. The molecule has 3 unspecified atom stereocenters. The van der Waals surface area contributed by atoms with Crippen molar-refractivity contribution in [2.45, 2.75) is 64.4 Å². The Balaban J connectivity index is 4.27. The smallest absolute Gasteiger partial charge is 0.465 e. The van der Waals surface area contributed by atoms with Gasteiger partial charge in [-0.15, -0.1) is 0 Å². The fourth-order valence-electron chi connectivity index (χ4n) is 1.16. The minimum atomic E-state index is -0.836. The summed E-state index contributed by atoms with van der Waals surface area (Å²) in [6.45, 7) is 12.3. The van der Waals surface area contributed by atoms with Crippen LogP contribution < -0.4 is 0 Å². The zero-order valence-electron chi connectivity index (χ0n) is 11.3. The Morgan fingerprint density at radius 1 is 1.31 bits per heavy atom. The Bertz CT molecular complexity index is 226. The van der Waals surface area contributed by atoms with E-state index in [-0.39, 0.29) is 15.4 Å². The van der Waals surface area contributed by atoms with Gasteiger partial charge in [-0.3, -0.25) is 0 Å². The molecule has 0 amide bonds. The first kappa shape index (κ1) is 16.3. The van der Waals surface area contributed by atoms with Crippen LogP contribution in [0.5, 0.6) is 0 Å². The molecule has 0 radical (unpaired) electrons. The van der Waals surface area contributed by atoms with Gasteiger partial charge < -0.3 is 4.55 Å². The molecule has 2 nitrogen and oxygen atoms in total. The molecular weight excluding hydrogens is 240 g/mol. The van der Waals surface area contributed by atoms with Crippen molar-refractivity contribution < 1.29 is 8.76 Å². The highest BCUT2D eigenvalue weighted by atomic mass is 32.2. The van der Waals surface area contributed by atoms with Crippen LogP contribution >= 0.6 is 0 Å². The lowest BCUT2D eigenvalue weighted by Crippen LogP contribution is -2.36. The molecule has 4 heteroatoms. The predicted molar refractivity (Wildman–Crippen MR) is 73.3 cm³/mol. The summed E-state index contributed by atoms with van der Waals surface area (Å²) >= 11 is -0.187. The van der Waals surface area contributed by atoms with E-state index in [1.165, 1.54) is 0 Å². The average Bonchev–Trinajstić information content (AvgIpc) is 2.23. The highest BCUT2D eigenvalue weighted by Crippen LogP contribution is 2.27. The second kappa shape index (κ2) is 6.31. The van der Waals surface area contributed by atoms with Crippen molar-refractivity contribution >= 4 is 22.8 Å². The Morgan fingerprint density at radius 3 is 2.12 bits per heavy atom. The molecule has 0 aliphatic carbocycles. The molecule has 0 rings (SSSR count). The Labute approximate surface area is 107 Å². The third-order valence-electron chi connectivity index (χ3n) is 3.40. The van der Waals surface area contributed by atoms with Crippen LogP contribution in [-0.4, -0.2) is 20.3 Å². The van der Waals surface area contributed by atoms with Crippen LogP contribution in [0.1, 0.15) is 54.4 Å². The maximum Gasteiger partial charge on any atom is 0.465 e. The van der Waals surface area contributed by atoms with Gasteiger partial charge in [0.1, 0.15) is 11.0 Å². The van der Waals surface area contributed by atoms with E-state index in [1.807, 2.05) is 20.8 Å². The van der Waals surface area contributed by atoms with E-state index in [9.17, 15) is 8.76 Å². The molecule has 96 valence electrons. The molecule has 0 saturated heterocycles. The molecule has 0 bridgehead atoms. The standard InChI is InChI=1S/C12H25O2S2/c1-7-12(6,15-13)8-9-16(14)10(2)11(3,4)5/h10H,7-9H2,1-6H3/q+1. The highest BCUT2D eigenvalue weighted by molar-refractivity contribution is 7.92. The molecule has 0 N–H and O–H groups in total. The van der Waals surface area contributed by atoms with Crippen LogP contribution in [0.4, 0.5) is 0 Å². The second-order valence-electron chi connectivity index (χ2n) is 5.73. The first-order valence-corrected chi connectivity index (χ1v) is 7.97. The first-order valence-electron chi connectivity index (χ1n) is 5.84. The van der Waals surface area contributed by atoms with Crippen molar-refractivity contribution in [1.29, 1.82) is 0 Å². The quantitative estimate of drug-likeness (QED) is 0.692. The molecule has 0 saturated carbocycles. The molecule has 0 aromatic heterocycles. The summed E-state index contributed by atoms with van der Waals surface area (Å²) in [4.78, 5) is 0. The van der Waals surface area contributed by atoms with Crippen molar-refractivity contribution in [3.05, 3.63) is 0 Å².